The maximum absolute atomic E-state index is 13.4. The van der Waals surface area contributed by atoms with Crippen LogP contribution in [0.2, 0.25) is 0 Å². The fourth-order valence-electron chi connectivity index (χ4n) is 4.77. The van der Waals surface area contributed by atoms with Crippen molar-refractivity contribution in [2.75, 3.05) is 19.7 Å². The van der Waals surface area contributed by atoms with Crippen molar-refractivity contribution in [1.82, 2.24) is 14.6 Å². The number of hydrogen-bond acceptors (Lipinski definition) is 6. The highest BCUT2D eigenvalue weighted by molar-refractivity contribution is 6.00. The molecule has 0 saturated carbocycles. The minimum atomic E-state index is -0.886. The lowest BCUT2D eigenvalue weighted by atomic mass is 9.72. The fourth-order valence-corrected chi connectivity index (χ4v) is 4.77. The smallest absolute Gasteiger partial charge is 0.317 e. The summed E-state index contributed by atoms with van der Waals surface area (Å²) in [7, 11) is 0. The molecule has 178 valence electrons. The molecule has 34 heavy (non-hydrogen) atoms. The molecule has 8 nitrogen and oxygen atoms in total. The Morgan fingerprint density at radius 2 is 1.74 bits per heavy atom. The monoisotopic (exact) mass is 463 g/mol. The van der Waals surface area contributed by atoms with Gasteiger partial charge >= 0.3 is 5.97 Å². The molecule has 1 amide bonds. The number of rotatable bonds is 6. The largest absolute Gasteiger partial charge is 0.457 e. The third-order valence-corrected chi connectivity index (χ3v) is 6.69. The molecule has 0 bridgehead atoms. The number of ketones is 1. The Kier molecular flexibility index (Phi) is 6.41. The zero-order chi connectivity index (χ0) is 24.5. The molecule has 0 atom stereocenters. The Hall–Kier alpha value is -3.68. The van der Waals surface area contributed by atoms with E-state index in [-0.39, 0.29) is 18.3 Å². The Balaban J connectivity index is 1.53. The summed E-state index contributed by atoms with van der Waals surface area (Å²) in [5.74, 6) is 0.548. The van der Waals surface area contributed by atoms with E-state index in [2.05, 4.69) is 5.16 Å². The molecular weight excluding hydrogens is 434 g/mol. The van der Waals surface area contributed by atoms with Crippen LogP contribution in [0.15, 0.2) is 47.0 Å². The third-order valence-electron chi connectivity index (χ3n) is 6.69. The van der Waals surface area contributed by atoms with Crippen LogP contribution < -0.4 is 0 Å². The SMILES string of the molecule is CC(=O)N1CCC(C(=O)OCC(=O)c2cc(C)n(-c3cc(C)on3)c2C)(c2ccccc2)CC1. The molecule has 0 unspecified atom stereocenters. The number of aromatic nitrogens is 2. The van der Waals surface area contributed by atoms with Gasteiger partial charge in [-0.05, 0) is 45.2 Å². The minimum absolute atomic E-state index is 0.0112. The fraction of sp³-hybridized carbons (Fsp3) is 0.385. The highest BCUT2D eigenvalue weighted by Crippen LogP contribution is 2.37. The number of ether oxygens (including phenoxy) is 1. The first-order chi connectivity index (χ1) is 16.2. The van der Waals surface area contributed by atoms with E-state index >= 15 is 0 Å². The lowest BCUT2D eigenvalue weighted by molar-refractivity contribution is -0.153. The first-order valence-electron chi connectivity index (χ1n) is 11.4. The van der Waals surface area contributed by atoms with Gasteiger partial charge in [-0.1, -0.05) is 35.5 Å². The number of esters is 1. The third kappa shape index (κ3) is 4.27. The standard InChI is InChI=1S/C26H29N3O5/c1-17-14-22(19(3)29(17)24-15-18(2)34-27-24)23(31)16-33-25(32)26(21-8-6-5-7-9-21)10-12-28(13-11-26)20(4)30/h5-9,14-15H,10-13,16H2,1-4H3. The van der Waals surface area contributed by atoms with Crippen LogP contribution in [0.3, 0.4) is 0 Å². The number of carbonyl (C=O) groups excluding carboxylic acids is 3. The summed E-state index contributed by atoms with van der Waals surface area (Å²) in [6, 6.07) is 13.0. The average Bonchev–Trinajstić information content (AvgIpc) is 3.39. The van der Waals surface area contributed by atoms with Gasteiger partial charge in [0.2, 0.25) is 11.7 Å². The molecule has 2 aromatic heterocycles. The zero-order valence-corrected chi connectivity index (χ0v) is 20.0. The van der Waals surface area contributed by atoms with Crippen molar-refractivity contribution < 1.29 is 23.6 Å². The molecule has 4 rings (SSSR count). The van der Waals surface area contributed by atoms with Crippen LogP contribution in [0.4, 0.5) is 0 Å². The van der Waals surface area contributed by atoms with Crippen LogP contribution >= 0.6 is 0 Å². The molecule has 1 fully saturated rings. The van der Waals surface area contributed by atoms with Crippen LogP contribution in [0.5, 0.6) is 0 Å². The number of likely N-dealkylation sites (tertiary alicyclic amines) is 1. The van der Waals surface area contributed by atoms with Gasteiger partial charge in [-0.3, -0.25) is 19.0 Å². The lowest BCUT2D eigenvalue weighted by Crippen LogP contribution is -2.49. The number of benzene rings is 1. The van der Waals surface area contributed by atoms with Gasteiger partial charge in [0.25, 0.3) is 0 Å². The lowest BCUT2D eigenvalue weighted by Gasteiger charge is -2.40. The number of hydrogen-bond donors (Lipinski definition) is 0. The quantitative estimate of drug-likeness (QED) is 0.409. The predicted molar refractivity (Wildman–Crippen MR) is 125 cm³/mol. The molecule has 0 N–H and O–H groups in total. The van der Waals surface area contributed by atoms with E-state index in [0.717, 1.165) is 11.3 Å². The van der Waals surface area contributed by atoms with Crippen molar-refractivity contribution in [1.29, 1.82) is 0 Å². The number of carbonyl (C=O) groups is 3. The van der Waals surface area contributed by atoms with Gasteiger partial charge in [0.15, 0.2) is 12.4 Å². The number of nitrogens with zero attached hydrogens (tertiary/aromatic N) is 3. The highest BCUT2D eigenvalue weighted by Gasteiger charge is 2.45. The Labute approximate surface area is 198 Å². The number of piperidine rings is 1. The van der Waals surface area contributed by atoms with E-state index in [9.17, 15) is 14.4 Å². The van der Waals surface area contributed by atoms with Gasteiger partial charge in [-0.25, -0.2) is 0 Å². The van der Waals surface area contributed by atoms with Crippen molar-refractivity contribution in [3.8, 4) is 5.82 Å². The number of aryl methyl sites for hydroxylation is 2. The van der Waals surface area contributed by atoms with E-state index in [1.807, 2.05) is 48.7 Å². The normalized spacial score (nSPS) is 15.2. The summed E-state index contributed by atoms with van der Waals surface area (Å²) >= 11 is 0. The Morgan fingerprint density at radius 3 is 2.32 bits per heavy atom. The van der Waals surface area contributed by atoms with E-state index in [1.165, 1.54) is 6.92 Å². The maximum atomic E-state index is 13.4. The van der Waals surface area contributed by atoms with Crippen LogP contribution in [0, 0.1) is 20.8 Å². The molecule has 0 radical (unpaired) electrons. The Morgan fingerprint density at radius 1 is 1.06 bits per heavy atom. The molecule has 0 aliphatic carbocycles. The van der Waals surface area contributed by atoms with Crippen LogP contribution in [0.25, 0.3) is 5.82 Å². The number of Topliss-reactive ketones (excluding diaryl/α,β-unsaturated/α-hetero) is 1. The van der Waals surface area contributed by atoms with Crippen molar-refractivity contribution in [2.45, 2.75) is 46.0 Å². The topological polar surface area (TPSA) is 94.6 Å². The van der Waals surface area contributed by atoms with Crippen molar-refractivity contribution in [2.24, 2.45) is 0 Å². The summed E-state index contributed by atoms with van der Waals surface area (Å²) in [4.78, 5) is 40.0. The molecule has 0 spiro atoms. The average molecular weight is 464 g/mol. The van der Waals surface area contributed by atoms with Crippen LogP contribution in [-0.4, -0.2) is 52.0 Å². The van der Waals surface area contributed by atoms with Gasteiger partial charge in [0, 0.05) is 43.0 Å². The van der Waals surface area contributed by atoms with Crippen LogP contribution in [0.1, 0.15) is 52.8 Å². The predicted octanol–water partition coefficient (Wildman–Crippen LogP) is 3.70. The second-order valence-electron chi connectivity index (χ2n) is 8.87. The summed E-state index contributed by atoms with van der Waals surface area (Å²) in [6.07, 6.45) is 0.896. The van der Waals surface area contributed by atoms with Crippen molar-refractivity contribution >= 4 is 17.7 Å². The number of amides is 1. The van der Waals surface area contributed by atoms with Gasteiger partial charge in [-0.15, -0.1) is 0 Å². The molecule has 1 aliphatic rings. The zero-order valence-electron chi connectivity index (χ0n) is 20.0. The molecule has 8 heteroatoms. The van der Waals surface area contributed by atoms with Crippen LogP contribution in [-0.2, 0) is 19.7 Å². The van der Waals surface area contributed by atoms with Gasteiger partial charge in [0.1, 0.15) is 5.76 Å². The maximum Gasteiger partial charge on any atom is 0.317 e. The van der Waals surface area contributed by atoms with E-state index in [0.29, 0.717) is 48.8 Å². The molecule has 3 aromatic rings. The summed E-state index contributed by atoms with van der Waals surface area (Å²) in [5, 5.41) is 4.04. The molecule has 3 heterocycles. The molecular formula is C26H29N3O5. The molecule has 1 aliphatic heterocycles. The van der Waals surface area contributed by atoms with Gasteiger partial charge in [0.05, 0.1) is 5.41 Å². The van der Waals surface area contributed by atoms with Gasteiger partial charge in [-0.2, -0.15) is 0 Å². The second kappa shape index (κ2) is 9.29. The van der Waals surface area contributed by atoms with Gasteiger partial charge < -0.3 is 14.2 Å². The van der Waals surface area contributed by atoms with E-state index in [4.69, 9.17) is 9.26 Å². The summed E-state index contributed by atoms with van der Waals surface area (Å²) < 4.78 is 12.6. The minimum Gasteiger partial charge on any atom is -0.457 e. The summed E-state index contributed by atoms with van der Waals surface area (Å²) in [5.41, 5.74) is 1.97. The van der Waals surface area contributed by atoms with E-state index in [1.54, 1.807) is 24.0 Å². The van der Waals surface area contributed by atoms with Crippen molar-refractivity contribution in [3.63, 3.8) is 0 Å². The molecule has 1 aromatic carbocycles. The summed E-state index contributed by atoms with van der Waals surface area (Å²) in [6.45, 7) is 7.62. The highest BCUT2D eigenvalue weighted by atomic mass is 16.5. The van der Waals surface area contributed by atoms with E-state index < -0.39 is 11.4 Å². The molecule has 1 saturated heterocycles. The first-order valence-corrected chi connectivity index (χ1v) is 11.4. The second-order valence-corrected chi connectivity index (χ2v) is 8.87. The Bertz CT molecular complexity index is 1220. The van der Waals surface area contributed by atoms with Crippen molar-refractivity contribution in [3.05, 3.63) is 70.7 Å². The first kappa shape index (κ1) is 23.5.